The van der Waals surface area contributed by atoms with Crippen molar-refractivity contribution in [3.05, 3.63) is 36.5 Å². The van der Waals surface area contributed by atoms with Crippen molar-refractivity contribution in [2.24, 2.45) is 0 Å². The number of carbonyl (C=O) groups is 1. The van der Waals surface area contributed by atoms with Crippen molar-refractivity contribution in [2.45, 2.75) is 19.8 Å². The highest BCUT2D eigenvalue weighted by Crippen LogP contribution is 2.31. The second-order valence-corrected chi connectivity index (χ2v) is 5.92. The van der Waals surface area contributed by atoms with Crippen LogP contribution in [-0.2, 0) is 0 Å². The molecule has 2 amide bonds. The first kappa shape index (κ1) is 18.4. The van der Waals surface area contributed by atoms with E-state index in [1.165, 1.54) is 13.3 Å². The summed E-state index contributed by atoms with van der Waals surface area (Å²) in [6.07, 6.45) is 3.41. The largest absolute Gasteiger partial charge is 0.504 e. The van der Waals surface area contributed by atoms with Gasteiger partial charge in [-0.1, -0.05) is 13.3 Å². The van der Waals surface area contributed by atoms with Crippen LogP contribution in [0.4, 0.5) is 10.6 Å². The van der Waals surface area contributed by atoms with E-state index in [0.717, 1.165) is 18.4 Å². The number of carbonyl (C=O) groups excluding carboxylic acids is 1. The Labute approximate surface area is 156 Å². The lowest BCUT2D eigenvalue weighted by Gasteiger charge is -2.08. The Hall–Kier alpha value is -3.42. The van der Waals surface area contributed by atoms with E-state index in [1.54, 1.807) is 24.3 Å². The number of nitrogens with zero attached hydrogens (tertiary/aromatic N) is 3. The van der Waals surface area contributed by atoms with Crippen molar-refractivity contribution < 1.29 is 14.6 Å². The van der Waals surface area contributed by atoms with Crippen LogP contribution >= 0.6 is 0 Å². The molecule has 8 nitrogen and oxygen atoms in total. The molecule has 0 bridgehead atoms. The Balaban J connectivity index is 1.85. The molecule has 0 radical (unpaired) electrons. The predicted octanol–water partition coefficient (Wildman–Crippen LogP) is 3.33. The van der Waals surface area contributed by atoms with Gasteiger partial charge in [-0.3, -0.25) is 5.32 Å². The van der Waals surface area contributed by atoms with Gasteiger partial charge in [0.15, 0.2) is 23.0 Å². The van der Waals surface area contributed by atoms with Gasteiger partial charge in [0.25, 0.3) is 0 Å². The average molecular weight is 367 g/mol. The first-order valence-electron chi connectivity index (χ1n) is 8.66. The fraction of sp³-hybridized carbons (Fsp3) is 0.263. The summed E-state index contributed by atoms with van der Waals surface area (Å²) in [5.41, 5.74) is 2.44. The smallest absolute Gasteiger partial charge is 0.320 e. The van der Waals surface area contributed by atoms with E-state index < -0.39 is 0 Å². The van der Waals surface area contributed by atoms with Crippen molar-refractivity contribution in [3.8, 4) is 22.8 Å². The van der Waals surface area contributed by atoms with Gasteiger partial charge in [-0.2, -0.15) is 0 Å². The molecule has 0 spiro atoms. The molecular weight excluding hydrogens is 346 g/mol. The maximum Gasteiger partial charge on any atom is 0.320 e. The van der Waals surface area contributed by atoms with Crippen LogP contribution in [0, 0.1) is 0 Å². The minimum Gasteiger partial charge on any atom is -0.504 e. The van der Waals surface area contributed by atoms with E-state index in [-0.39, 0.29) is 11.8 Å². The van der Waals surface area contributed by atoms with E-state index >= 15 is 0 Å². The molecule has 0 aliphatic heterocycles. The minimum atomic E-state index is -0.323. The maximum atomic E-state index is 11.9. The fourth-order valence-corrected chi connectivity index (χ4v) is 2.49. The van der Waals surface area contributed by atoms with Crippen molar-refractivity contribution in [1.82, 2.24) is 20.3 Å². The van der Waals surface area contributed by atoms with E-state index in [9.17, 15) is 9.90 Å². The monoisotopic (exact) mass is 367 g/mol. The Morgan fingerprint density at radius 2 is 2.07 bits per heavy atom. The maximum absolute atomic E-state index is 11.9. The van der Waals surface area contributed by atoms with Gasteiger partial charge < -0.3 is 15.2 Å². The topological polar surface area (TPSA) is 109 Å². The summed E-state index contributed by atoms with van der Waals surface area (Å²) in [7, 11) is 1.49. The van der Waals surface area contributed by atoms with Crippen LogP contribution in [0.2, 0.25) is 0 Å². The molecule has 0 atom stereocenters. The standard InChI is InChI=1S/C19H21N5O3/c1-3-4-9-20-19(26)24-17-11-21-14-7-6-13(22-18(14)23-17)12-5-8-15(25)16(10-12)27-2/h5-8,10-11,25H,3-4,9H2,1-2H3,(H2,20,22,23,24,26). The SMILES string of the molecule is CCCCNC(=O)Nc1cnc2ccc(-c3ccc(O)c(OC)c3)nc2n1. The number of fused-ring (bicyclic) bond motifs is 1. The molecule has 0 saturated carbocycles. The normalized spacial score (nSPS) is 10.6. The first-order valence-corrected chi connectivity index (χ1v) is 8.66. The third-order valence-electron chi connectivity index (χ3n) is 3.94. The molecule has 140 valence electrons. The molecule has 0 aliphatic carbocycles. The van der Waals surface area contributed by atoms with Crippen LogP contribution in [-0.4, -0.2) is 39.7 Å². The highest BCUT2D eigenvalue weighted by Gasteiger charge is 2.09. The number of rotatable bonds is 6. The van der Waals surface area contributed by atoms with Gasteiger partial charge in [0.1, 0.15) is 5.52 Å². The van der Waals surface area contributed by atoms with Gasteiger partial charge in [-0.25, -0.2) is 19.7 Å². The van der Waals surface area contributed by atoms with Gasteiger partial charge in [0, 0.05) is 12.1 Å². The number of amides is 2. The van der Waals surface area contributed by atoms with Crippen LogP contribution in [0.1, 0.15) is 19.8 Å². The second kappa shape index (κ2) is 8.31. The van der Waals surface area contributed by atoms with Gasteiger partial charge in [0.2, 0.25) is 0 Å². The lowest BCUT2D eigenvalue weighted by molar-refractivity contribution is 0.252. The number of urea groups is 1. The van der Waals surface area contributed by atoms with Gasteiger partial charge in [-0.15, -0.1) is 0 Å². The highest BCUT2D eigenvalue weighted by molar-refractivity contribution is 5.89. The van der Waals surface area contributed by atoms with E-state index in [4.69, 9.17) is 4.74 Å². The third kappa shape index (κ3) is 4.41. The summed E-state index contributed by atoms with van der Waals surface area (Å²) in [5.74, 6) is 0.742. The van der Waals surface area contributed by atoms with Crippen LogP contribution in [0.5, 0.6) is 11.5 Å². The number of anilines is 1. The summed E-state index contributed by atoms with van der Waals surface area (Å²) < 4.78 is 5.14. The number of aromatic nitrogens is 3. The second-order valence-electron chi connectivity index (χ2n) is 5.92. The number of ether oxygens (including phenoxy) is 1. The summed E-state index contributed by atoms with van der Waals surface area (Å²) in [6, 6.07) is 8.27. The number of aromatic hydroxyl groups is 1. The van der Waals surface area contributed by atoms with Crippen molar-refractivity contribution in [2.75, 3.05) is 19.0 Å². The molecule has 0 fully saturated rings. The molecule has 8 heteroatoms. The quantitative estimate of drug-likeness (QED) is 0.577. The predicted molar refractivity (Wildman–Crippen MR) is 103 cm³/mol. The zero-order valence-electron chi connectivity index (χ0n) is 15.2. The van der Waals surface area contributed by atoms with E-state index in [0.29, 0.717) is 35.0 Å². The molecule has 3 aromatic rings. The number of hydrogen-bond donors (Lipinski definition) is 3. The van der Waals surface area contributed by atoms with Crippen molar-refractivity contribution in [1.29, 1.82) is 0 Å². The third-order valence-corrected chi connectivity index (χ3v) is 3.94. The Morgan fingerprint density at radius 3 is 2.85 bits per heavy atom. The molecule has 3 N–H and O–H groups in total. The fourth-order valence-electron chi connectivity index (χ4n) is 2.49. The lowest BCUT2D eigenvalue weighted by Crippen LogP contribution is -2.29. The van der Waals surface area contributed by atoms with Crippen LogP contribution < -0.4 is 15.4 Å². The highest BCUT2D eigenvalue weighted by atomic mass is 16.5. The van der Waals surface area contributed by atoms with Crippen LogP contribution in [0.25, 0.3) is 22.4 Å². The van der Waals surface area contributed by atoms with Crippen molar-refractivity contribution in [3.63, 3.8) is 0 Å². The summed E-state index contributed by atoms with van der Waals surface area (Å²) >= 11 is 0. The molecule has 0 aliphatic rings. The Morgan fingerprint density at radius 1 is 1.22 bits per heavy atom. The lowest BCUT2D eigenvalue weighted by atomic mass is 10.1. The number of unbranched alkanes of at least 4 members (excludes halogenated alkanes) is 1. The molecular formula is C19H21N5O3. The number of phenols is 1. The van der Waals surface area contributed by atoms with Crippen molar-refractivity contribution >= 4 is 23.0 Å². The van der Waals surface area contributed by atoms with E-state index in [1.807, 2.05) is 6.07 Å². The number of pyridine rings is 1. The summed E-state index contributed by atoms with van der Waals surface area (Å²) in [6.45, 7) is 2.66. The number of nitrogens with one attached hydrogen (secondary N) is 2. The van der Waals surface area contributed by atoms with Gasteiger partial charge in [-0.05, 0) is 36.8 Å². The van der Waals surface area contributed by atoms with Gasteiger partial charge in [0.05, 0.1) is 19.0 Å². The first-order chi connectivity index (χ1) is 13.1. The molecule has 2 heterocycles. The molecule has 3 rings (SSSR count). The molecule has 2 aromatic heterocycles. The molecule has 1 aromatic carbocycles. The van der Waals surface area contributed by atoms with E-state index in [2.05, 4.69) is 32.5 Å². The minimum absolute atomic E-state index is 0.0578. The molecule has 0 saturated heterocycles. The number of benzene rings is 1. The van der Waals surface area contributed by atoms with Crippen LogP contribution in [0.3, 0.4) is 0 Å². The number of phenolic OH excluding ortho intramolecular Hbond substituents is 1. The number of hydrogen-bond acceptors (Lipinski definition) is 6. The Bertz CT molecular complexity index is 961. The molecule has 0 unspecified atom stereocenters. The zero-order valence-corrected chi connectivity index (χ0v) is 15.2. The average Bonchev–Trinajstić information content (AvgIpc) is 2.68. The zero-order chi connectivity index (χ0) is 19.2. The molecule has 27 heavy (non-hydrogen) atoms. The van der Waals surface area contributed by atoms with Gasteiger partial charge >= 0.3 is 6.03 Å². The van der Waals surface area contributed by atoms with Crippen LogP contribution in [0.15, 0.2) is 36.5 Å². The summed E-state index contributed by atoms with van der Waals surface area (Å²) in [5, 5.41) is 15.2. The summed E-state index contributed by atoms with van der Waals surface area (Å²) in [4.78, 5) is 25.0. The number of methoxy groups -OCH3 is 1. The Kier molecular flexibility index (Phi) is 5.65.